The number of benzene rings is 1. The highest BCUT2D eigenvalue weighted by molar-refractivity contribution is 6.31. The van der Waals surface area contributed by atoms with Crippen molar-refractivity contribution in [2.45, 2.75) is 0 Å². The van der Waals surface area contributed by atoms with Gasteiger partial charge in [-0.15, -0.1) is 0 Å². The van der Waals surface area contributed by atoms with Crippen molar-refractivity contribution in [3.63, 3.8) is 0 Å². The first-order chi connectivity index (χ1) is 9.15. The van der Waals surface area contributed by atoms with Crippen LogP contribution >= 0.6 is 11.6 Å². The third-order valence-corrected chi connectivity index (χ3v) is 2.97. The van der Waals surface area contributed by atoms with E-state index in [1.807, 2.05) is 0 Å². The Labute approximate surface area is 113 Å². The van der Waals surface area contributed by atoms with Gasteiger partial charge in [0, 0.05) is 11.2 Å². The molecule has 3 aromatic rings. The van der Waals surface area contributed by atoms with Crippen LogP contribution in [0.4, 0.5) is 5.69 Å². The lowest BCUT2D eigenvalue weighted by Crippen LogP contribution is -2.10. The quantitative estimate of drug-likeness (QED) is 0.711. The SMILES string of the molecule is Nc1cccnc1-c1nc2cc(Cl)ccc2c(=O)[nH]1. The van der Waals surface area contributed by atoms with Crippen LogP contribution < -0.4 is 11.3 Å². The average molecular weight is 273 g/mol. The largest absolute Gasteiger partial charge is 0.397 e. The van der Waals surface area contributed by atoms with Crippen LogP contribution in [0, 0.1) is 0 Å². The van der Waals surface area contributed by atoms with Gasteiger partial charge in [-0.2, -0.15) is 0 Å². The molecule has 0 aliphatic heterocycles. The van der Waals surface area contributed by atoms with Gasteiger partial charge in [-0.1, -0.05) is 11.6 Å². The summed E-state index contributed by atoms with van der Waals surface area (Å²) in [7, 11) is 0. The standard InChI is InChI=1S/C13H9ClN4O/c14-7-3-4-8-10(6-7)17-12(18-13(8)19)11-9(15)2-1-5-16-11/h1-6H,15H2,(H,17,18,19). The molecule has 0 aliphatic rings. The fraction of sp³-hybridized carbons (Fsp3) is 0. The van der Waals surface area contributed by atoms with E-state index in [0.717, 1.165) is 0 Å². The summed E-state index contributed by atoms with van der Waals surface area (Å²) in [6.45, 7) is 0. The molecule has 0 atom stereocenters. The van der Waals surface area contributed by atoms with Crippen LogP contribution in [0.1, 0.15) is 0 Å². The normalized spacial score (nSPS) is 10.8. The van der Waals surface area contributed by atoms with E-state index in [1.54, 1.807) is 36.5 Å². The van der Waals surface area contributed by atoms with Crippen LogP contribution in [0.25, 0.3) is 22.4 Å². The number of halogens is 1. The zero-order valence-corrected chi connectivity index (χ0v) is 10.5. The third-order valence-electron chi connectivity index (χ3n) is 2.73. The molecular weight excluding hydrogens is 264 g/mol. The van der Waals surface area contributed by atoms with Crippen LogP contribution in [0.5, 0.6) is 0 Å². The molecule has 19 heavy (non-hydrogen) atoms. The molecule has 0 spiro atoms. The summed E-state index contributed by atoms with van der Waals surface area (Å²) < 4.78 is 0. The topological polar surface area (TPSA) is 84.7 Å². The Bertz CT molecular complexity index is 828. The third kappa shape index (κ3) is 2.04. The molecule has 3 rings (SSSR count). The van der Waals surface area contributed by atoms with Gasteiger partial charge in [0.15, 0.2) is 5.82 Å². The number of pyridine rings is 1. The monoisotopic (exact) mass is 272 g/mol. The van der Waals surface area contributed by atoms with Gasteiger partial charge in [0.05, 0.1) is 16.6 Å². The molecule has 0 saturated heterocycles. The van der Waals surface area contributed by atoms with E-state index < -0.39 is 0 Å². The number of anilines is 1. The first-order valence-electron chi connectivity index (χ1n) is 5.55. The Morgan fingerprint density at radius 3 is 2.89 bits per heavy atom. The predicted molar refractivity (Wildman–Crippen MR) is 75.0 cm³/mol. The Balaban J connectivity index is 2.32. The highest BCUT2D eigenvalue weighted by Crippen LogP contribution is 2.21. The molecule has 0 amide bonds. The summed E-state index contributed by atoms with van der Waals surface area (Å²) in [4.78, 5) is 23.1. The fourth-order valence-electron chi connectivity index (χ4n) is 1.84. The van der Waals surface area contributed by atoms with Crippen molar-refractivity contribution in [2.75, 3.05) is 5.73 Å². The summed E-state index contributed by atoms with van der Waals surface area (Å²) in [5.74, 6) is 0.331. The van der Waals surface area contributed by atoms with Crippen LogP contribution in [-0.2, 0) is 0 Å². The Hall–Kier alpha value is -2.40. The molecule has 94 valence electrons. The van der Waals surface area contributed by atoms with Crippen LogP contribution in [0.15, 0.2) is 41.3 Å². The zero-order chi connectivity index (χ0) is 13.4. The van der Waals surface area contributed by atoms with Gasteiger partial charge in [0.1, 0.15) is 5.69 Å². The average Bonchev–Trinajstić information content (AvgIpc) is 2.38. The second-order valence-electron chi connectivity index (χ2n) is 4.02. The highest BCUT2D eigenvalue weighted by Gasteiger charge is 2.09. The molecule has 0 saturated carbocycles. The number of rotatable bonds is 1. The molecule has 2 heterocycles. The Kier molecular flexibility index (Phi) is 2.68. The summed E-state index contributed by atoms with van der Waals surface area (Å²) in [6.07, 6.45) is 1.59. The minimum absolute atomic E-state index is 0.248. The van der Waals surface area contributed by atoms with Gasteiger partial charge >= 0.3 is 0 Å². The van der Waals surface area contributed by atoms with Crippen molar-refractivity contribution in [3.05, 3.63) is 51.9 Å². The lowest BCUT2D eigenvalue weighted by Gasteiger charge is -2.05. The Morgan fingerprint density at radius 2 is 2.11 bits per heavy atom. The number of H-pyrrole nitrogens is 1. The van der Waals surface area contributed by atoms with Gasteiger partial charge in [-0.3, -0.25) is 9.78 Å². The number of fused-ring (bicyclic) bond motifs is 1. The second kappa shape index (κ2) is 4.37. The number of nitrogens with two attached hydrogens (primary N) is 1. The van der Waals surface area contributed by atoms with Crippen molar-refractivity contribution in [1.29, 1.82) is 0 Å². The van der Waals surface area contributed by atoms with E-state index in [-0.39, 0.29) is 5.56 Å². The molecule has 2 aromatic heterocycles. The van der Waals surface area contributed by atoms with E-state index >= 15 is 0 Å². The van der Waals surface area contributed by atoms with Gasteiger partial charge in [-0.25, -0.2) is 4.98 Å². The van der Waals surface area contributed by atoms with Crippen LogP contribution in [0.3, 0.4) is 0 Å². The van der Waals surface area contributed by atoms with Gasteiger partial charge in [-0.05, 0) is 30.3 Å². The molecular formula is C13H9ClN4O. The molecule has 0 fully saturated rings. The maximum absolute atomic E-state index is 12.0. The molecule has 0 radical (unpaired) electrons. The van der Waals surface area contributed by atoms with E-state index in [1.165, 1.54) is 0 Å². The molecule has 3 N–H and O–H groups in total. The van der Waals surface area contributed by atoms with Gasteiger partial charge in [0.2, 0.25) is 0 Å². The number of hydrogen-bond acceptors (Lipinski definition) is 4. The molecule has 0 aliphatic carbocycles. The van der Waals surface area contributed by atoms with E-state index in [2.05, 4.69) is 15.0 Å². The first-order valence-corrected chi connectivity index (χ1v) is 5.93. The van der Waals surface area contributed by atoms with Crippen LogP contribution in [-0.4, -0.2) is 15.0 Å². The van der Waals surface area contributed by atoms with Crippen molar-refractivity contribution in [2.24, 2.45) is 0 Å². The zero-order valence-electron chi connectivity index (χ0n) is 9.72. The maximum Gasteiger partial charge on any atom is 0.259 e. The van der Waals surface area contributed by atoms with Crippen LogP contribution in [0.2, 0.25) is 5.02 Å². The van der Waals surface area contributed by atoms with Gasteiger partial charge in [0.25, 0.3) is 5.56 Å². The number of aromatic amines is 1. The van der Waals surface area contributed by atoms with E-state index in [4.69, 9.17) is 17.3 Å². The van der Waals surface area contributed by atoms with E-state index in [0.29, 0.717) is 33.1 Å². The lowest BCUT2D eigenvalue weighted by molar-refractivity contribution is 1.14. The smallest absolute Gasteiger partial charge is 0.259 e. The summed E-state index contributed by atoms with van der Waals surface area (Å²) >= 11 is 5.91. The first kappa shape index (κ1) is 11.7. The fourth-order valence-corrected chi connectivity index (χ4v) is 2.01. The summed E-state index contributed by atoms with van der Waals surface area (Å²) in [5, 5.41) is 0.994. The molecule has 1 aromatic carbocycles. The molecule has 0 unspecified atom stereocenters. The van der Waals surface area contributed by atoms with Crippen molar-refractivity contribution >= 4 is 28.2 Å². The lowest BCUT2D eigenvalue weighted by atomic mass is 10.2. The second-order valence-corrected chi connectivity index (χ2v) is 4.45. The molecule has 0 bridgehead atoms. The summed E-state index contributed by atoms with van der Waals surface area (Å²) in [5.41, 5.74) is 6.98. The molecule has 6 heteroatoms. The number of hydrogen-bond donors (Lipinski definition) is 2. The minimum atomic E-state index is -0.248. The number of nitrogens with zero attached hydrogens (tertiary/aromatic N) is 2. The van der Waals surface area contributed by atoms with Crippen molar-refractivity contribution in [1.82, 2.24) is 15.0 Å². The maximum atomic E-state index is 12.0. The highest BCUT2D eigenvalue weighted by atomic mass is 35.5. The van der Waals surface area contributed by atoms with E-state index in [9.17, 15) is 4.79 Å². The van der Waals surface area contributed by atoms with Crippen molar-refractivity contribution < 1.29 is 0 Å². The van der Waals surface area contributed by atoms with Crippen molar-refractivity contribution in [3.8, 4) is 11.5 Å². The molecule has 5 nitrogen and oxygen atoms in total. The predicted octanol–water partition coefficient (Wildman–Crippen LogP) is 2.22. The minimum Gasteiger partial charge on any atom is -0.397 e. The number of nitrogens with one attached hydrogen (secondary N) is 1. The Morgan fingerprint density at radius 1 is 1.26 bits per heavy atom. The number of nitrogen functional groups attached to an aromatic ring is 1. The summed E-state index contributed by atoms with van der Waals surface area (Å²) in [6, 6.07) is 8.33. The van der Waals surface area contributed by atoms with Gasteiger partial charge < -0.3 is 10.7 Å². The number of aromatic nitrogens is 3.